The summed E-state index contributed by atoms with van der Waals surface area (Å²) >= 11 is 0. The summed E-state index contributed by atoms with van der Waals surface area (Å²) < 4.78 is 34.0. The Morgan fingerprint density at radius 1 is 1.04 bits per heavy atom. The lowest BCUT2D eigenvalue weighted by atomic mass is 9.99. The van der Waals surface area contributed by atoms with E-state index in [1.807, 2.05) is 6.07 Å². The largest absolute Gasteiger partial charge is 0.496 e. The Kier molecular flexibility index (Phi) is 9.08. The van der Waals surface area contributed by atoms with Crippen LogP contribution in [0, 0.1) is 5.82 Å². The standard InChI is InChI=1S/C33H33FN6O6/c1-44-29-6-5-23-14-27(29)22-3-2-4-25(13-22)45-18-31(41)35-16-21-11-24(34)15-26(12-21)46-30-7-10-40(17-28(30)38-33(23)43)32(42)8-9-39-19-36-37-20-39/h2-6,11-15,19-20,28,30H,7-10,16-18H2,1H3,(H,35,41)(H,38,43)/t28-,30-/m1/s1. The second kappa shape index (κ2) is 13.7. The van der Waals surface area contributed by atoms with E-state index in [-0.39, 0.29) is 49.6 Å². The molecule has 46 heavy (non-hydrogen) atoms. The topological polar surface area (TPSA) is 137 Å². The van der Waals surface area contributed by atoms with Gasteiger partial charge in [-0.05, 0) is 53.6 Å². The fourth-order valence-electron chi connectivity index (χ4n) is 5.60. The molecule has 238 valence electrons. The van der Waals surface area contributed by atoms with Crippen molar-refractivity contribution < 1.29 is 33.0 Å². The first-order chi connectivity index (χ1) is 22.3. The molecule has 0 unspecified atom stereocenters. The number of ether oxygens (including phenoxy) is 3. The molecule has 2 aliphatic rings. The summed E-state index contributed by atoms with van der Waals surface area (Å²) in [6.45, 7) is 0.804. The lowest BCUT2D eigenvalue weighted by Gasteiger charge is -2.39. The molecule has 1 fully saturated rings. The number of carbonyl (C=O) groups excluding carboxylic acids is 3. The number of carbonyl (C=O) groups is 3. The molecule has 13 heteroatoms. The lowest BCUT2D eigenvalue weighted by Crippen LogP contribution is -2.58. The van der Waals surface area contributed by atoms with Gasteiger partial charge in [-0.3, -0.25) is 14.4 Å². The molecule has 3 heterocycles. The van der Waals surface area contributed by atoms with Gasteiger partial charge in [0.1, 0.15) is 41.8 Å². The summed E-state index contributed by atoms with van der Waals surface area (Å²) in [5.41, 5.74) is 2.23. The van der Waals surface area contributed by atoms with Crippen LogP contribution in [0.25, 0.3) is 11.1 Å². The molecule has 0 spiro atoms. The van der Waals surface area contributed by atoms with Crippen molar-refractivity contribution >= 4 is 17.7 Å². The minimum absolute atomic E-state index is 0.0545. The molecule has 2 atom stereocenters. The molecule has 1 aromatic heterocycles. The first-order valence-electron chi connectivity index (χ1n) is 14.9. The minimum Gasteiger partial charge on any atom is -0.496 e. The van der Waals surface area contributed by atoms with Crippen LogP contribution in [0.3, 0.4) is 0 Å². The molecule has 0 aliphatic carbocycles. The highest BCUT2D eigenvalue weighted by Crippen LogP contribution is 2.33. The van der Waals surface area contributed by atoms with Crippen LogP contribution in [0.2, 0.25) is 0 Å². The molecule has 0 radical (unpaired) electrons. The van der Waals surface area contributed by atoms with Gasteiger partial charge in [0.2, 0.25) is 5.91 Å². The van der Waals surface area contributed by atoms with E-state index in [1.54, 1.807) is 71.7 Å². The average molecular weight is 629 g/mol. The molecule has 1 saturated heterocycles. The first-order valence-corrected chi connectivity index (χ1v) is 14.9. The molecule has 4 aromatic rings. The van der Waals surface area contributed by atoms with Gasteiger partial charge in [-0.2, -0.15) is 0 Å². The van der Waals surface area contributed by atoms with E-state index in [4.69, 9.17) is 14.2 Å². The van der Waals surface area contributed by atoms with Gasteiger partial charge < -0.3 is 34.3 Å². The Morgan fingerprint density at radius 2 is 1.89 bits per heavy atom. The molecule has 6 bridgehead atoms. The van der Waals surface area contributed by atoms with Crippen LogP contribution in [-0.2, 0) is 22.7 Å². The molecule has 3 aromatic carbocycles. The SMILES string of the molecule is COc1ccc2cc1-c1cccc(c1)OCC(=O)NCc1cc(F)cc(c1)O[C@@H]1CCN(C(=O)CCn3cnnc3)C[C@H]1NC2=O. The number of nitrogens with one attached hydrogen (secondary N) is 2. The molecular formula is C33H33FN6O6. The Morgan fingerprint density at radius 3 is 2.72 bits per heavy atom. The van der Waals surface area contributed by atoms with Crippen molar-refractivity contribution in [1.29, 1.82) is 0 Å². The number of aryl methyl sites for hydroxylation is 1. The third-order valence-electron chi connectivity index (χ3n) is 7.95. The van der Waals surface area contributed by atoms with Crippen molar-refractivity contribution in [2.75, 3.05) is 26.8 Å². The highest BCUT2D eigenvalue weighted by molar-refractivity contribution is 5.96. The lowest BCUT2D eigenvalue weighted by molar-refractivity contribution is -0.134. The Hall–Kier alpha value is -5.46. The number of hydrogen-bond acceptors (Lipinski definition) is 8. The molecule has 0 saturated carbocycles. The number of aromatic nitrogens is 3. The molecular weight excluding hydrogens is 595 g/mol. The van der Waals surface area contributed by atoms with Crippen LogP contribution in [0.15, 0.2) is 73.3 Å². The molecule has 6 rings (SSSR count). The van der Waals surface area contributed by atoms with Crippen LogP contribution >= 0.6 is 0 Å². The van der Waals surface area contributed by atoms with Gasteiger partial charge in [-0.15, -0.1) is 10.2 Å². The zero-order valence-corrected chi connectivity index (χ0v) is 25.1. The number of piperidine rings is 1. The van der Waals surface area contributed by atoms with Crippen LogP contribution in [0.4, 0.5) is 4.39 Å². The predicted molar refractivity (Wildman–Crippen MR) is 164 cm³/mol. The van der Waals surface area contributed by atoms with Crippen LogP contribution < -0.4 is 24.8 Å². The number of hydrogen-bond donors (Lipinski definition) is 2. The van der Waals surface area contributed by atoms with Gasteiger partial charge in [-0.25, -0.2) is 4.39 Å². The maximum atomic E-state index is 14.7. The number of benzene rings is 3. The summed E-state index contributed by atoms with van der Waals surface area (Å²) in [4.78, 5) is 41.2. The van der Waals surface area contributed by atoms with Gasteiger partial charge in [0.25, 0.3) is 11.8 Å². The maximum absolute atomic E-state index is 14.7. The van der Waals surface area contributed by atoms with Crippen LogP contribution in [0.5, 0.6) is 17.2 Å². The maximum Gasteiger partial charge on any atom is 0.258 e. The number of rotatable bonds is 4. The van der Waals surface area contributed by atoms with E-state index in [0.717, 1.165) is 5.56 Å². The van der Waals surface area contributed by atoms with Crippen LogP contribution in [0.1, 0.15) is 28.8 Å². The van der Waals surface area contributed by atoms with Gasteiger partial charge in [0.15, 0.2) is 6.61 Å². The van der Waals surface area contributed by atoms with E-state index < -0.39 is 18.0 Å². The summed E-state index contributed by atoms with van der Waals surface area (Å²) in [6, 6.07) is 15.8. The van der Waals surface area contributed by atoms with E-state index >= 15 is 0 Å². The van der Waals surface area contributed by atoms with Gasteiger partial charge in [-0.1, -0.05) is 12.1 Å². The number of nitrogens with zero attached hydrogens (tertiary/aromatic N) is 4. The van der Waals surface area contributed by atoms with Gasteiger partial charge in [0.05, 0.1) is 13.2 Å². The third-order valence-corrected chi connectivity index (χ3v) is 7.95. The van der Waals surface area contributed by atoms with E-state index in [1.165, 1.54) is 12.1 Å². The number of fused-ring (bicyclic) bond motifs is 8. The molecule has 3 amide bonds. The highest BCUT2D eigenvalue weighted by Gasteiger charge is 2.34. The van der Waals surface area contributed by atoms with Gasteiger partial charge >= 0.3 is 0 Å². The third kappa shape index (κ3) is 7.25. The van der Waals surface area contributed by atoms with E-state index in [2.05, 4.69) is 20.8 Å². The smallest absolute Gasteiger partial charge is 0.258 e. The molecule has 2 aliphatic heterocycles. The molecule has 2 N–H and O–H groups in total. The number of amides is 3. The second-order valence-electron chi connectivity index (χ2n) is 11.1. The van der Waals surface area contributed by atoms with Gasteiger partial charge in [0, 0.05) is 56.2 Å². The fourth-order valence-corrected chi connectivity index (χ4v) is 5.60. The quantitative estimate of drug-likeness (QED) is 0.352. The second-order valence-corrected chi connectivity index (χ2v) is 11.1. The van der Waals surface area contributed by atoms with Crippen molar-refractivity contribution in [1.82, 2.24) is 30.3 Å². The highest BCUT2D eigenvalue weighted by atomic mass is 19.1. The first kappa shape index (κ1) is 30.6. The zero-order valence-electron chi connectivity index (χ0n) is 25.1. The summed E-state index contributed by atoms with van der Waals surface area (Å²) in [6.07, 6.45) is 3.15. The minimum atomic E-state index is -0.615. The van der Waals surface area contributed by atoms with Crippen molar-refractivity contribution in [3.8, 4) is 28.4 Å². The summed E-state index contributed by atoms with van der Waals surface area (Å²) in [5, 5.41) is 13.4. The van der Waals surface area contributed by atoms with Crippen LogP contribution in [-0.4, -0.2) is 76.3 Å². The Labute approximate surface area is 264 Å². The zero-order chi connectivity index (χ0) is 32.0. The average Bonchev–Trinajstić information content (AvgIpc) is 3.59. The number of methoxy groups -OCH3 is 1. The van der Waals surface area contributed by atoms with Crippen molar-refractivity contribution in [2.45, 2.75) is 38.1 Å². The fraction of sp³-hybridized carbons (Fsp3) is 0.303. The van der Waals surface area contributed by atoms with E-state index in [0.29, 0.717) is 47.7 Å². The predicted octanol–water partition coefficient (Wildman–Crippen LogP) is 2.97. The Bertz CT molecular complexity index is 1730. The number of likely N-dealkylation sites (tertiary alicyclic amines) is 1. The summed E-state index contributed by atoms with van der Waals surface area (Å²) in [7, 11) is 1.54. The van der Waals surface area contributed by atoms with Crippen molar-refractivity contribution in [3.63, 3.8) is 0 Å². The van der Waals surface area contributed by atoms with E-state index in [9.17, 15) is 18.8 Å². The van der Waals surface area contributed by atoms with Crippen molar-refractivity contribution in [3.05, 3.63) is 90.3 Å². The normalized spacial score (nSPS) is 18.3. The monoisotopic (exact) mass is 628 g/mol. The number of halogens is 1. The van der Waals surface area contributed by atoms with Crippen molar-refractivity contribution in [2.24, 2.45) is 0 Å². The summed E-state index contributed by atoms with van der Waals surface area (Å²) in [5.74, 6) is -0.140. The molecule has 12 nitrogen and oxygen atoms in total. The Balaban J connectivity index is 1.32.